The van der Waals surface area contributed by atoms with Crippen LogP contribution >= 0.6 is 11.8 Å². The first-order valence-electron chi connectivity index (χ1n) is 11.4. The number of aromatic nitrogens is 3. The molecule has 0 radical (unpaired) electrons. The highest BCUT2D eigenvalue weighted by Crippen LogP contribution is 2.21. The van der Waals surface area contributed by atoms with Gasteiger partial charge in [0.1, 0.15) is 11.4 Å². The molecule has 3 aromatic carbocycles. The van der Waals surface area contributed by atoms with Gasteiger partial charge < -0.3 is 9.84 Å². The molecule has 0 atom stereocenters. The van der Waals surface area contributed by atoms with E-state index in [0.717, 1.165) is 28.2 Å². The molecule has 10 heteroatoms. The van der Waals surface area contributed by atoms with Gasteiger partial charge >= 0.3 is 11.1 Å². The summed E-state index contributed by atoms with van der Waals surface area (Å²) >= 11 is 1.28. The number of aryl methyl sites for hydroxylation is 2. The highest BCUT2D eigenvalue weighted by atomic mass is 32.2. The van der Waals surface area contributed by atoms with Gasteiger partial charge in [-0.25, -0.2) is 10.2 Å². The minimum atomic E-state index is -1.08. The van der Waals surface area contributed by atoms with Crippen LogP contribution in [0.25, 0.3) is 17.1 Å². The van der Waals surface area contributed by atoms with Crippen LogP contribution in [0.1, 0.15) is 16.7 Å². The number of para-hydroxylation sites is 1. The van der Waals surface area contributed by atoms with E-state index >= 15 is 0 Å². The first-order valence-corrected chi connectivity index (χ1v) is 12.4. The number of thioether (sulfide) groups is 1. The number of benzene rings is 3. The molecule has 9 nitrogen and oxygen atoms in total. The molecule has 0 saturated carbocycles. The van der Waals surface area contributed by atoms with Crippen molar-refractivity contribution in [2.45, 2.75) is 19.0 Å². The third-order valence-electron chi connectivity index (χ3n) is 5.28. The average Bonchev–Trinajstić information content (AvgIpc) is 3.31. The van der Waals surface area contributed by atoms with Gasteiger partial charge in [0.25, 0.3) is 11.7 Å². The SMILES string of the molecule is Cc1ccc(-c2[nH]nc(SCC(=O)N/N=C/c3ccccc3OCC(=O)O)[n+]2-c2ccc(C)cc2)cc1. The number of carbonyl (C=O) groups excluding carboxylic acids is 1. The minimum Gasteiger partial charge on any atom is -0.481 e. The van der Waals surface area contributed by atoms with Crippen LogP contribution in [0.3, 0.4) is 0 Å². The highest BCUT2D eigenvalue weighted by Gasteiger charge is 2.24. The Morgan fingerprint density at radius 3 is 2.43 bits per heavy atom. The van der Waals surface area contributed by atoms with Crippen molar-refractivity contribution in [2.24, 2.45) is 5.10 Å². The molecule has 3 N–H and O–H groups in total. The van der Waals surface area contributed by atoms with Crippen LogP contribution in [0.5, 0.6) is 5.75 Å². The van der Waals surface area contributed by atoms with Gasteiger partial charge in [0.05, 0.1) is 22.6 Å². The molecule has 0 bridgehead atoms. The van der Waals surface area contributed by atoms with E-state index in [1.807, 2.05) is 66.9 Å². The zero-order valence-electron chi connectivity index (χ0n) is 20.3. The van der Waals surface area contributed by atoms with Crippen LogP contribution in [0, 0.1) is 13.8 Å². The van der Waals surface area contributed by atoms with Crippen molar-refractivity contribution >= 4 is 29.9 Å². The largest absolute Gasteiger partial charge is 0.481 e. The lowest BCUT2D eigenvalue weighted by atomic mass is 10.1. The van der Waals surface area contributed by atoms with E-state index in [4.69, 9.17) is 9.84 Å². The maximum absolute atomic E-state index is 12.5. The molecule has 1 heterocycles. The van der Waals surface area contributed by atoms with Crippen molar-refractivity contribution in [3.05, 3.63) is 89.5 Å². The van der Waals surface area contributed by atoms with Crippen LogP contribution < -0.4 is 14.7 Å². The van der Waals surface area contributed by atoms with E-state index in [1.165, 1.54) is 18.0 Å². The number of carboxylic acids is 1. The quantitative estimate of drug-likeness (QED) is 0.128. The fourth-order valence-electron chi connectivity index (χ4n) is 3.43. The zero-order valence-corrected chi connectivity index (χ0v) is 21.2. The Morgan fingerprint density at radius 1 is 1.05 bits per heavy atom. The molecule has 0 saturated heterocycles. The van der Waals surface area contributed by atoms with E-state index < -0.39 is 12.6 Å². The van der Waals surface area contributed by atoms with E-state index in [0.29, 0.717) is 16.5 Å². The Bertz CT molecular complexity index is 1420. The molecular formula is C27H26N5O4S+. The van der Waals surface area contributed by atoms with Crippen LogP contribution in [0.4, 0.5) is 0 Å². The average molecular weight is 517 g/mol. The Hall–Kier alpha value is -4.44. The Labute approximate surface area is 218 Å². The molecule has 0 aliphatic heterocycles. The van der Waals surface area contributed by atoms with E-state index in [9.17, 15) is 9.59 Å². The summed E-state index contributed by atoms with van der Waals surface area (Å²) in [6.07, 6.45) is 1.41. The molecule has 0 fully saturated rings. The molecule has 4 rings (SSSR count). The van der Waals surface area contributed by atoms with Crippen LogP contribution in [0.15, 0.2) is 83.1 Å². The summed E-state index contributed by atoms with van der Waals surface area (Å²) in [4.78, 5) is 23.3. The number of rotatable bonds is 10. The van der Waals surface area contributed by atoms with E-state index in [2.05, 4.69) is 20.7 Å². The molecule has 0 spiro atoms. The van der Waals surface area contributed by atoms with Crippen molar-refractivity contribution < 1.29 is 24.0 Å². The number of carboxylic acid groups (broad SMARTS) is 1. The molecule has 1 aromatic heterocycles. The maximum Gasteiger partial charge on any atom is 0.342 e. The van der Waals surface area contributed by atoms with Crippen molar-refractivity contribution in [2.75, 3.05) is 12.4 Å². The van der Waals surface area contributed by atoms with Crippen molar-refractivity contribution in [1.82, 2.24) is 15.6 Å². The molecule has 0 aliphatic carbocycles. The molecular weight excluding hydrogens is 490 g/mol. The van der Waals surface area contributed by atoms with E-state index in [-0.39, 0.29) is 11.7 Å². The predicted octanol–water partition coefficient (Wildman–Crippen LogP) is 3.68. The third-order valence-corrected chi connectivity index (χ3v) is 6.22. The number of hydrogen-bond acceptors (Lipinski definition) is 6. The summed E-state index contributed by atoms with van der Waals surface area (Å²) in [6.45, 7) is 3.60. The summed E-state index contributed by atoms with van der Waals surface area (Å²) in [5.41, 5.74) is 7.25. The standard InChI is InChI=1S/C27H25N5O4S/c1-18-7-11-20(12-8-18)26-30-31-27(32(26)22-13-9-19(2)10-14-22)37-17-24(33)29-28-15-21-5-3-4-6-23(21)36-16-25(34)35/h3-15H,16-17H2,1-2H3,(H2,29,33,34,35)/p+1/b28-15+. The number of aliphatic carboxylic acids is 1. The lowest BCUT2D eigenvalue weighted by Gasteiger charge is -2.06. The van der Waals surface area contributed by atoms with Gasteiger partial charge in [-0.2, -0.15) is 9.67 Å². The fourth-order valence-corrected chi connectivity index (χ4v) is 4.19. The number of aromatic amines is 1. The van der Waals surface area contributed by atoms with Gasteiger partial charge in [-0.3, -0.25) is 4.79 Å². The molecule has 1 amide bonds. The van der Waals surface area contributed by atoms with Gasteiger partial charge in [0.2, 0.25) is 0 Å². The second-order valence-electron chi connectivity index (χ2n) is 8.19. The van der Waals surface area contributed by atoms with Crippen LogP contribution in [0.2, 0.25) is 0 Å². The number of carbonyl (C=O) groups is 2. The number of nitrogens with one attached hydrogen (secondary N) is 2. The molecule has 0 aliphatic rings. The van der Waals surface area contributed by atoms with Gasteiger partial charge in [-0.05, 0) is 62.0 Å². The second kappa shape index (κ2) is 12.0. The zero-order chi connectivity index (χ0) is 26.2. The first kappa shape index (κ1) is 25.6. The fraction of sp³-hybridized carbons (Fsp3) is 0.148. The summed E-state index contributed by atoms with van der Waals surface area (Å²) in [7, 11) is 0. The second-order valence-corrected chi connectivity index (χ2v) is 9.14. The lowest BCUT2D eigenvalue weighted by Crippen LogP contribution is -2.34. The van der Waals surface area contributed by atoms with Gasteiger partial charge in [-0.15, -0.1) is 5.10 Å². The first-order chi connectivity index (χ1) is 17.9. The topological polar surface area (TPSA) is 121 Å². The molecule has 4 aromatic rings. The minimum absolute atomic E-state index is 0.0819. The molecule has 0 unspecified atom stereocenters. The lowest BCUT2D eigenvalue weighted by molar-refractivity contribution is -0.625. The summed E-state index contributed by atoms with van der Waals surface area (Å²) < 4.78 is 7.23. The number of ether oxygens (including phenoxy) is 1. The number of amides is 1. The predicted molar refractivity (Wildman–Crippen MR) is 141 cm³/mol. The van der Waals surface area contributed by atoms with Gasteiger partial charge in [0.15, 0.2) is 6.61 Å². The Kier molecular flexibility index (Phi) is 8.32. The van der Waals surface area contributed by atoms with Crippen molar-refractivity contribution in [1.29, 1.82) is 0 Å². The van der Waals surface area contributed by atoms with Crippen molar-refractivity contribution in [3.63, 3.8) is 0 Å². The van der Waals surface area contributed by atoms with Gasteiger partial charge in [-0.1, -0.05) is 47.5 Å². The summed E-state index contributed by atoms with van der Waals surface area (Å²) in [5.74, 6) is -0.151. The third kappa shape index (κ3) is 6.83. The van der Waals surface area contributed by atoms with E-state index in [1.54, 1.807) is 24.3 Å². The molecule has 188 valence electrons. The van der Waals surface area contributed by atoms with Crippen LogP contribution in [-0.2, 0) is 9.59 Å². The normalized spacial score (nSPS) is 11.0. The van der Waals surface area contributed by atoms with Gasteiger partial charge in [0, 0.05) is 5.56 Å². The summed E-state index contributed by atoms with van der Waals surface area (Å²) in [5, 5.41) is 21.0. The Morgan fingerprint density at radius 2 is 1.73 bits per heavy atom. The smallest absolute Gasteiger partial charge is 0.342 e. The number of hydrogen-bond donors (Lipinski definition) is 3. The summed E-state index contributed by atoms with van der Waals surface area (Å²) in [6, 6.07) is 23.1. The highest BCUT2D eigenvalue weighted by molar-refractivity contribution is 7.99. The number of hydrazone groups is 1. The Balaban J connectivity index is 1.47. The number of H-pyrrole nitrogens is 1. The van der Waals surface area contributed by atoms with Crippen LogP contribution in [-0.4, -0.2) is 45.8 Å². The van der Waals surface area contributed by atoms with Crippen molar-refractivity contribution in [3.8, 4) is 22.8 Å². The molecule has 37 heavy (non-hydrogen) atoms. The monoisotopic (exact) mass is 516 g/mol. The number of nitrogens with zero attached hydrogens (tertiary/aromatic N) is 3. The maximum atomic E-state index is 12.5.